The van der Waals surface area contributed by atoms with Crippen LogP contribution in [0.15, 0.2) is 30.5 Å². The van der Waals surface area contributed by atoms with Gasteiger partial charge < -0.3 is 9.84 Å². The largest absolute Gasteiger partial charge is 0.438 e. The molecule has 0 fully saturated rings. The number of pyridine rings is 1. The van der Waals surface area contributed by atoms with Crippen LogP contribution in [0.3, 0.4) is 0 Å². The Morgan fingerprint density at radius 2 is 1.84 bits per heavy atom. The van der Waals surface area contributed by atoms with Gasteiger partial charge >= 0.3 is 0 Å². The molecule has 0 amide bonds. The molecule has 0 bridgehead atoms. The maximum absolute atomic E-state index is 9.43. The van der Waals surface area contributed by atoms with Crippen molar-refractivity contribution in [3.63, 3.8) is 0 Å². The Morgan fingerprint density at radius 3 is 2.32 bits per heavy atom. The number of aliphatic hydroxyl groups excluding tert-OH is 1. The maximum Gasteiger partial charge on any atom is 0.219 e. The van der Waals surface area contributed by atoms with E-state index in [1.54, 1.807) is 25.3 Å². The highest BCUT2D eigenvalue weighted by Crippen LogP contribution is 2.30. The molecule has 0 aliphatic heterocycles. The second-order valence-electron chi connectivity index (χ2n) is 4.58. The molecule has 1 atom stereocenters. The lowest BCUT2D eigenvalue weighted by atomic mass is 10.1. The van der Waals surface area contributed by atoms with E-state index in [1.165, 1.54) is 0 Å². The van der Waals surface area contributed by atoms with Crippen molar-refractivity contribution in [2.75, 3.05) is 0 Å². The molecule has 0 aliphatic rings. The van der Waals surface area contributed by atoms with E-state index in [9.17, 15) is 5.11 Å². The molecule has 0 unspecified atom stereocenters. The zero-order valence-corrected chi connectivity index (χ0v) is 11.9. The minimum Gasteiger partial charge on any atom is -0.438 e. The van der Waals surface area contributed by atoms with Gasteiger partial charge in [-0.25, -0.2) is 4.98 Å². The molecule has 0 saturated heterocycles. The Labute approximate surface area is 117 Å². The number of nitrogens with zero attached hydrogens (tertiary/aromatic N) is 1. The van der Waals surface area contributed by atoms with Gasteiger partial charge in [0.25, 0.3) is 0 Å². The van der Waals surface area contributed by atoms with Crippen LogP contribution in [0.5, 0.6) is 11.6 Å². The first-order valence-electron chi connectivity index (χ1n) is 6.06. The summed E-state index contributed by atoms with van der Waals surface area (Å²) in [7, 11) is 0. The molecule has 100 valence electrons. The first-order valence-corrected chi connectivity index (χ1v) is 6.44. The van der Waals surface area contributed by atoms with Crippen LogP contribution in [0.1, 0.15) is 29.7 Å². The topological polar surface area (TPSA) is 42.4 Å². The van der Waals surface area contributed by atoms with Crippen LogP contribution in [0.2, 0.25) is 5.02 Å². The molecular weight excluding hydrogens is 262 g/mol. The summed E-state index contributed by atoms with van der Waals surface area (Å²) in [5.74, 6) is 1.26. The van der Waals surface area contributed by atoms with Gasteiger partial charge in [-0.05, 0) is 55.7 Å². The minimum atomic E-state index is -0.527. The summed E-state index contributed by atoms with van der Waals surface area (Å²) in [4.78, 5) is 4.18. The van der Waals surface area contributed by atoms with Gasteiger partial charge in [0.05, 0.1) is 6.10 Å². The third-order valence-corrected chi connectivity index (χ3v) is 3.09. The summed E-state index contributed by atoms with van der Waals surface area (Å²) in [6.07, 6.45) is 1.08. The van der Waals surface area contributed by atoms with E-state index in [0.717, 1.165) is 22.4 Å². The maximum atomic E-state index is 9.43. The highest BCUT2D eigenvalue weighted by atomic mass is 35.5. The Balaban J connectivity index is 2.26. The predicted octanol–water partition coefficient (Wildman–Crippen LogP) is 4.20. The molecule has 2 rings (SSSR count). The van der Waals surface area contributed by atoms with Crippen molar-refractivity contribution in [3.8, 4) is 11.6 Å². The van der Waals surface area contributed by atoms with Crippen molar-refractivity contribution < 1.29 is 9.84 Å². The molecule has 1 aromatic carbocycles. The molecule has 1 N–H and O–H groups in total. The van der Waals surface area contributed by atoms with Gasteiger partial charge in [-0.3, -0.25) is 0 Å². The molecule has 4 heteroatoms. The fourth-order valence-electron chi connectivity index (χ4n) is 1.86. The molecular formula is C15H16ClNO2. The molecule has 19 heavy (non-hydrogen) atoms. The van der Waals surface area contributed by atoms with Crippen LogP contribution in [0.4, 0.5) is 0 Å². The number of aliphatic hydroxyl groups is 1. The van der Waals surface area contributed by atoms with Crippen molar-refractivity contribution >= 4 is 11.6 Å². The van der Waals surface area contributed by atoms with Gasteiger partial charge in [-0.2, -0.15) is 0 Å². The van der Waals surface area contributed by atoms with Gasteiger partial charge in [-0.15, -0.1) is 0 Å². The van der Waals surface area contributed by atoms with E-state index in [0.29, 0.717) is 10.9 Å². The Hall–Kier alpha value is -1.58. The number of halogens is 1. The number of ether oxygens (including phenoxy) is 1. The summed E-state index contributed by atoms with van der Waals surface area (Å²) >= 11 is 5.98. The zero-order valence-electron chi connectivity index (χ0n) is 11.1. The molecule has 1 aromatic heterocycles. The lowest BCUT2D eigenvalue weighted by molar-refractivity contribution is 0.198. The Kier molecular flexibility index (Phi) is 4.08. The van der Waals surface area contributed by atoms with E-state index in [4.69, 9.17) is 16.3 Å². The average Bonchev–Trinajstić information content (AvgIpc) is 2.34. The zero-order chi connectivity index (χ0) is 14.0. The van der Waals surface area contributed by atoms with Crippen LogP contribution in [0.25, 0.3) is 0 Å². The van der Waals surface area contributed by atoms with Crippen LogP contribution in [-0.4, -0.2) is 10.1 Å². The molecule has 0 aliphatic carbocycles. The Bertz CT molecular complexity index is 556. The molecule has 0 saturated carbocycles. The van der Waals surface area contributed by atoms with E-state index in [-0.39, 0.29) is 0 Å². The fourth-order valence-corrected chi connectivity index (χ4v) is 2.19. The van der Waals surface area contributed by atoms with Gasteiger partial charge in [0.15, 0.2) is 0 Å². The molecule has 1 heterocycles. The molecule has 3 nitrogen and oxygen atoms in total. The summed E-state index contributed by atoms with van der Waals surface area (Å²) in [6, 6.07) is 7.26. The number of aryl methyl sites for hydroxylation is 2. The van der Waals surface area contributed by atoms with Crippen molar-refractivity contribution in [2.24, 2.45) is 0 Å². The minimum absolute atomic E-state index is 0.498. The summed E-state index contributed by atoms with van der Waals surface area (Å²) in [5.41, 5.74) is 2.69. The lowest BCUT2D eigenvalue weighted by Crippen LogP contribution is -1.96. The number of aromatic nitrogens is 1. The third kappa shape index (κ3) is 3.25. The van der Waals surface area contributed by atoms with Crippen molar-refractivity contribution in [1.29, 1.82) is 0 Å². The van der Waals surface area contributed by atoms with E-state index >= 15 is 0 Å². The summed E-state index contributed by atoms with van der Waals surface area (Å²) in [6.45, 7) is 5.59. The SMILES string of the molecule is Cc1cc(Cl)cc(C)c1Oc1ccc([C@@H](C)O)cn1. The predicted molar refractivity (Wildman–Crippen MR) is 75.9 cm³/mol. The monoisotopic (exact) mass is 277 g/mol. The number of rotatable bonds is 3. The number of hydrogen-bond donors (Lipinski definition) is 1. The Morgan fingerprint density at radius 1 is 1.21 bits per heavy atom. The van der Waals surface area contributed by atoms with Crippen LogP contribution >= 0.6 is 11.6 Å². The summed E-state index contributed by atoms with van der Waals surface area (Å²) < 4.78 is 5.78. The second kappa shape index (κ2) is 5.59. The lowest BCUT2D eigenvalue weighted by Gasteiger charge is -2.12. The van der Waals surface area contributed by atoms with Crippen LogP contribution in [0, 0.1) is 13.8 Å². The van der Waals surface area contributed by atoms with E-state index in [1.807, 2.05) is 26.0 Å². The van der Waals surface area contributed by atoms with Gasteiger partial charge in [0, 0.05) is 17.3 Å². The van der Waals surface area contributed by atoms with E-state index < -0.39 is 6.10 Å². The van der Waals surface area contributed by atoms with Gasteiger partial charge in [0.1, 0.15) is 5.75 Å². The van der Waals surface area contributed by atoms with Crippen LogP contribution in [-0.2, 0) is 0 Å². The smallest absolute Gasteiger partial charge is 0.219 e. The average molecular weight is 278 g/mol. The standard InChI is InChI=1S/C15H16ClNO2/c1-9-6-13(16)7-10(2)15(9)19-14-5-4-12(8-17-14)11(3)18/h4-8,11,18H,1-3H3/t11-/m1/s1. The van der Waals surface area contributed by atoms with Crippen molar-refractivity contribution in [2.45, 2.75) is 26.9 Å². The van der Waals surface area contributed by atoms with E-state index in [2.05, 4.69) is 4.98 Å². The third-order valence-electron chi connectivity index (χ3n) is 2.87. The normalized spacial score (nSPS) is 12.3. The molecule has 0 spiro atoms. The number of benzene rings is 1. The van der Waals surface area contributed by atoms with Crippen molar-refractivity contribution in [3.05, 3.63) is 52.2 Å². The highest BCUT2D eigenvalue weighted by Gasteiger charge is 2.08. The molecule has 0 radical (unpaired) electrons. The first kappa shape index (κ1) is 13.8. The number of hydrogen-bond acceptors (Lipinski definition) is 3. The quantitative estimate of drug-likeness (QED) is 0.914. The second-order valence-corrected chi connectivity index (χ2v) is 5.01. The highest BCUT2D eigenvalue weighted by molar-refractivity contribution is 6.30. The first-order chi connectivity index (χ1) is 8.97. The van der Waals surface area contributed by atoms with Crippen LogP contribution < -0.4 is 4.74 Å². The summed E-state index contributed by atoms with van der Waals surface area (Å²) in [5, 5.41) is 10.1. The fraction of sp³-hybridized carbons (Fsp3) is 0.267. The van der Waals surface area contributed by atoms with Gasteiger partial charge in [-0.1, -0.05) is 11.6 Å². The van der Waals surface area contributed by atoms with Crippen molar-refractivity contribution in [1.82, 2.24) is 4.98 Å². The molecule has 2 aromatic rings. The van der Waals surface area contributed by atoms with Gasteiger partial charge in [0.2, 0.25) is 5.88 Å².